The summed E-state index contributed by atoms with van der Waals surface area (Å²) in [5, 5.41) is 0. The third-order valence-corrected chi connectivity index (χ3v) is 5.77. The summed E-state index contributed by atoms with van der Waals surface area (Å²) in [5.41, 5.74) is -0.222. The largest absolute Gasteiger partial charge is 0.383 e. The molecule has 3 aliphatic heterocycles. The molecule has 3 heterocycles. The smallest absolute Gasteiger partial charge is 0.229 e. The molecule has 23 heavy (non-hydrogen) atoms. The Morgan fingerprint density at radius 3 is 2.52 bits per heavy atom. The molecule has 6 heteroatoms. The van der Waals surface area contributed by atoms with E-state index < -0.39 is 0 Å². The molecule has 3 saturated heterocycles. The van der Waals surface area contributed by atoms with Gasteiger partial charge in [-0.25, -0.2) is 0 Å². The Balaban J connectivity index is 1.53. The highest BCUT2D eigenvalue weighted by molar-refractivity contribution is 5.85. The normalized spacial score (nSPS) is 25.3. The Morgan fingerprint density at radius 1 is 1.22 bits per heavy atom. The number of amides is 2. The minimum atomic E-state index is -0.222. The molecule has 0 bridgehead atoms. The number of hydrogen-bond donors (Lipinski definition) is 0. The lowest BCUT2D eigenvalue weighted by molar-refractivity contribution is -0.146. The van der Waals surface area contributed by atoms with E-state index in [0.29, 0.717) is 26.4 Å². The van der Waals surface area contributed by atoms with Crippen molar-refractivity contribution in [2.24, 2.45) is 11.3 Å². The van der Waals surface area contributed by atoms with E-state index in [9.17, 15) is 9.59 Å². The average molecular weight is 324 g/mol. The molecule has 0 aliphatic carbocycles. The fourth-order valence-corrected chi connectivity index (χ4v) is 4.13. The summed E-state index contributed by atoms with van der Waals surface area (Å²) in [5.74, 6) is 0.660. The Bertz CT molecular complexity index is 440. The van der Waals surface area contributed by atoms with Gasteiger partial charge < -0.3 is 19.3 Å². The van der Waals surface area contributed by atoms with Gasteiger partial charge in [-0.1, -0.05) is 0 Å². The molecule has 3 rings (SSSR count). The molecule has 0 aromatic heterocycles. The second-order valence-corrected chi connectivity index (χ2v) is 7.03. The van der Waals surface area contributed by atoms with Gasteiger partial charge in [0.2, 0.25) is 11.8 Å². The number of rotatable bonds is 4. The molecule has 0 aromatic rings. The van der Waals surface area contributed by atoms with Gasteiger partial charge in [0.25, 0.3) is 0 Å². The second-order valence-electron chi connectivity index (χ2n) is 7.03. The van der Waals surface area contributed by atoms with Gasteiger partial charge in [0.05, 0.1) is 12.0 Å². The quantitative estimate of drug-likeness (QED) is 0.771. The minimum absolute atomic E-state index is 0.121. The molecule has 0 unspecified atom stereocenters. The number of carbonyl (C=O) groups excluding carboxylic acids is 2. The van der Waals surface area contributed by atoms with Crippen LogP contribution in [0, 0.1) is 11.3 Å². The van der Waals surface area contributed by atoms with E-state index in [1.807, 2.05) is 9.80 Å². The maximum Gasteiger partial charge on any atom is 0.229 e. The molecule has 6 nitrogen and oxygen atoms in total. The van der Waals surface area contributed by atoms with Crippen LogP contribution >= 0.6 is 0 Å². The van der Waals surface area contributed by atoms with E-state index in [4.69, 9.17) is 9.47 Å². The zero-order chi connectivity index (χ0) is 16.3. The second kappa shape index (κ2) is 7.18. The van der Waals surface area contributed by atoms with E-state index >= 15 is 0 Å². The van der Waals surface area contributed by atoms with Crippen LogP contribution in [0.5, 0.6) is 0 Å². The summed E-state index contributed by atoms with van der Waals surface area (Å²) < 4.78 is 10.4. The van der Waals surface area contributed by atoms with Crippen LogP contribution in [0.25, 0.3) is 0 Å². The lowest BCUT2D eigenvalue weighted by Crippen LogP contribution is -2.49. The van der Waals surface area contributed by atoms with E-state index in [1.165, 1.54) is 0 Å². The Morgan fingerprint density at radius 2 is 1.87 bits per heavy atom. The lowest BCUT2D eigenvalue weighted by atomic mass is 9.76. The highest BCUT2D eigenvalue weighted by Gasteiger charge is 2.48. The molecule has 0 atom stereocenters. The molecule has 0 radical (unpaired) electrons. The van der Waals surface area contributed by atoms with Crippen LogP contribution < -0.4 is 0 Å². The van der Waals surface area contributed by atoms with Crippen LogP contribution in [-0.2, 0) is 19.1 Å². The van der Waals surface area contributed by atoms with Crippen molar-refractivity contribution in [2.45, 2.75) is 32.1 Å². The van der Waals surface area contributed by atoms with Gasteiger partial charge in [-0.2, -0.15) is 0 Å². The van der Waals surface area contributed by atoms with Gasteiger partial charge in [-0.3, -0.25) is 9.59 Å². The molecule has 0 N–H and O–H groups in total. The number of carbonyl (C=O) groups is 2. The maximum absolute atomic E-state index is 12.7. The van der Waals surface area contributed by atoms with Crippen LogP contribution in [0.1, 0.15) is 32.1 Å². The number of methoxy groups -OCH3 is 1. The number of piperidine rings is 1. The van der Waals surface area contributed by atoms with Crippen molar-refractivity contribution in [3.05, 3.63) is 0 Å². The molecule has 0 saturated carbocycles. The van der Waals surface area contributed by atoms with E-state index in [0.717, 1.165) is 51.7 Å². The average Bonchev–Trinajstić information content (AvgIpc) is 2.90. The SMILES string of the molecule is COCCN1CCC2(CCN(C(=O)C3CCOCC3)CC2)C1=O. The Labute approximate surface area is 138 Å². The van der Waals surface area contributed by atoms with Crippen molar-refractivity contribution >= 4 is 11.8 Å². The van der Waals surface area contributed by atoms with Crippen molar-refractivity contribution < 1.29 is 19.1 Å². The van der Waals surface area contributed by atoms with Crippen molar-refractivity contribution in [1.29, 1.82) is 0 Å². The number of ether oxygens (including phenoxy) is 2. The summed E-state index contributed by atoms with van der Waals surface area (Å²) in [6.07, 6.45) is 4.22. The summed E-state index contributed by atoms with van der Waals surface area (Å²) >= 11 is 0. The van der Waals surface area contributed by atoms with Crippen molar-refractivity contribution in [3.8, 4) is 0 Å². The van der Waals surface area contributed by atoms with Crippen molar-refractivity contribution in [1.82, 2.24) is 9.80 Å². The summed E-state index contributed by atoms with van der Waals surface area (Å²) in [4.78, 5) is 29.2. The molecule has 2 amide bonds. The topological polar surface area (TPSA) is 59.1 Å². The third-order valence-electron chi connectivity index (χ3n) is 5.77. The van der Waals surface area contributed by atoms with Crippen LogP contribution in [0.4, 0.5) is 0 Å². The number of hydrogen-bond acceptors (Lipinski definition) is 4. The fourth-order valence-electron chi connectivity index (χ4n) is 4.13. The molecule has 3 fully saturated rings. The summed E-state index contributed by atoms with van der Waals surface area (Å²) in [6.45, 7) is 4.94. The fraction of sp³-hybridized carbons (Fsp3) is 0.882. The third kappa shape index (κ3) is 3.38. The molecular weight excluding hydrogens is 296 g/mol. The highest BCUT2D eigenvalue weighted by atomic mass is 16.5. The van der Waals surface area contributed by atoms with Crippen LogP contribution in [0.3, 0.4) is 0 Å². The van der Waals surface area contributed by atoms with Gasteiger partial charge in [0.1, 0.15) is 0 Å². The molecule has 3 aliphatic rings. The van der Waals surface area contributed by atoms with Gasteiger partial charge in [-0.05, 0) is 32.1 Å². The zero-order valence-electron chi connectivity index (χ0n) is 14.1. The first-order valence-electron chi connectivity index (χ1n) is 8.81. The molecular formula is C17H28N2O4. The van der Waals surface area contributed by atoms with Crippen LogP contribution in [-0.4, -0.2) is 74.7 Å². The number of nitrogens with zero attached hydrogens (tertiary/aromatic N) is 2. The molecule has 0 aromatic carbocycles. The maximum atomic E-state index is 12.7. The number of likely N-dealkylation sites (tertiary alicyclic amines) is 2. The summed E-state index contributed by atoms with van der Waals surface area (Å²) in [7, 11) is 1.66. The van der Waals surface area contributed by atoms with Crippen LogP contribution in [0.15, 0.2) is 0 Å². The monoisotopic (exact) mass is 324 g/mol. The first-order chi connectivity index (χ1) is 11.2. The predicted molar refractivity (Wildman–Crippen MR) is 84.9 cm³/mol. The van der Waals surface area contributed by atoms with Crippen molar-refractivity contribution in [3.63, 3.8) is 0 Å². The summed E-state index contributed by atoms with van der Waals surface area (Å²) in [6, 6.07) is 0. The molecule has 130 valence electrons. The van der Waals surface area contributed by atoms with Gasteiger partial charge >= 0.3 is 0 Å². The molecule has 1 spiro atoms. The first kappa shape index (κ1) is 16.7. The van der Waals surface area contributed by atoms with E-state index in [2.05, 4.69) is 0 Å². The van der Waals surface area contributed by atoms with Crippen LogP contribution in [0.2, 0.25) is 0 Å². The Kier molecular flexibility index (Phi) is 5.21. The van der Waals surface area contributed by atoms with Crippen molar-refractivity contribution in [2.75, 3.05) is 53.1 Å². The zero-order valence-corrected chi connectivity index (χ0v) is 14.1. The van der Waals surface area contributed by atoms with Gasteiger partial charge in [0, 0.05) is 52.4 Å². The highest BCUT2D eigenvalue weighted by Crippen LogP contribution is 2.41. The van der Waals surface area contributed by atoms with E-state index in [1.54, 1.807) is 7.11 Å². The standard InChI is InChI=1S/C17H28N2O4/c1-22-13-10-19-9-6-17(16(19)21)4-7-18(8-5-17)15(20)14-2-11-23-12-3-14/h14H,2-13H2,1H3. The van der Waals surface area contributed by atoms with E-state index in [-0.39, 0.29) is 23.1 Å². The first-order valence-corrected chi connectivity index (χ1v) is 8.81. The van der Waals surface area contributed by atoms with Gasteiger partial charge in [0.15, 0.2) is 0 Å². The van der Waals surface area contributed by atoms with Gasteiger partial charge in [-0.15, -0.1) is 0 Å². The predicted octanol–water partition coefficient (Wildman–Crippen LogP) is 0.901. The minimum Gasteiger partial charge on any atom is -0.383 e. The Hall–Kier alpha value is -1.14. The lowest BCUT2D eigenvalue weighted by Gasteiger charge is -2.39.